The van der Waals surface area contributed by atoms with Crippen LogP contribution in [-0.2, 0) is 14.9 Å². The summed E-state index contributed by atoms with van der Waals surface area (Å²) >= 11 is 0. The first kappa shape index (κ1) is 14.0. The smallest absolute Gasteiger partial charge is 0.319 e. The van der Waals surface area contributed by atoms with E-state index >= 15 is 0 Å². The van der Waals surface area contributed by atoms with Crippen molar-refractivity contribution in [3.8, 4) is 0 Å². The third kappa shape index (κ3) is 1.86. The largest absolute Gasteiger partial charge is 0.465 e. The van der Waals surface area contributed by atoms with Crippen molar-refractivity contribution >= 4 is 5.97 Å². The molecule has 1 aliphatic rings. The van der Waals surface area contributed by atoms with E-state index in [4.69, 9.17) is 4.74 Å². The van der Waals surface area contributed by atoms with Gasteiger partial charge in [-0.3, -0.25) is 9.69 Å². The number of esters is 1. The lowest BCUT2D eigenvalue weighted by atomic mass is 9.62. The van der Waals surface area contributed by atoms with Crippen LogP contribution in [-0.4, -0.2) is 36.6 Å². The standard InChI is InChI=1S/C15H20FNO2/c1-5-19-14(18)15(10(2)17(4)11(15)3)12-7-6-8-13(16)9-12/h6-11H,5H2,1-4H3. The lowest BCUT2D eigenvalue weighted by molar-refractivity contribution is -0.169. The average molecular weight is 265 g/mol. The Labute approximate surface area is 113 Å². The van der Waals surface area contributed by atoms with Crippen molar-refractivity contribution < 1.29 is 13.9 Å². The van der Waals surface area contributed by atoms with Gasteiger partial charge in [0.05, 0.1) is 6.61 Å². The van der Waals surface area contributed by atoms with Gasteiger partial charge in [0, 0.05) is 12.1 Å². The third-order valence-electron chi connectivity index (χ3n) is 4.46. The molecule has 1 aliphatic heterocycles. The second-order valence-electron chi connectivity index (χ2n) is 5.12. The summed E-state index contributed by atoms with van der Waals surface area (Å²) in [5.41, 5.74) is -0.0728. The monoisotopic (exact) mass is 265 g/mol. The molecule has 1 saturated heterocycles. The topological polar surface area (TPSA) is 29.5 Å². The minimum absolute atomic E-state index is 0.0108. The molecule has 0 amide bonds. The Hall–Kier alpha value is -1.42. The molecule has 0 aromatic heterocycles. The first-order chi connectivity index (χ1) is 8.96. The van der Waals surface area contributed by atoms with Crippen molar-refractivity contribution in [2.75, 3.05) is 13.7 Å². The second-order valence-corrected chi connectivity index (χ2v) is 5.12. The number of likely N-dealkylation sites (N-methyl/N-ethyl adjacent to an activating group) is 1. The van der Waals surface area contributed by atoms with Crippen LogP contribution in [0.4, 0.5) is 4.39 Å². The highest BCUT2D eigenvalue weighted by atomic mass is 19.1. The zero-order valence-electron chi connectivity index (χ0n) is 11.8. The molecule has 3 nitrogen and oxygen atoms in total. The van der Waals surface area contributed by atoms with Crippen molar-refractivity contribution in [3.05, 3.63) is 35.6 Å². The van der Waals surface area contributed by atoms with E-state index in [0.29, 0.717) is 12.2 Å². The number of hydrogen-bond acceptors (Lipinski definition) is 3. The molecule has 2 unspecified atom stereocenters. The van der Waals surface area contributed by atoms with E-state index in [9.17, 15) is 9.18 Å². The summed E-state index contributed by atoms with van der Waals surface area (Å²) in [5, 5.41) is 0. The highest BCUT2D eigenvalue weighted by Gasteiger charge is 2.61. The molecule has 1 aromatic rings. The van der Waals surface area contributed by atoms with Gasteiger partial charge in [0.2, 0.25) is 0 Å². The molecule has 0 bridgehead atoms. The third-order valence-corrected chi connectivity index (χ3v) is 4.46. The van der Waals surface area contributed by atoms with Gasteiger partial charge in [0.25, 0.3) is 0 Å². The summed E-state index contributed by atoms with van der Waals surface area (Å²) < 4.78 is 18.7. The van der Waals surface area contributed by atoms with E-state index in [1.54, 1.807) is 19.1 Å². The van der Waals surface area contributed by atoms with Crippen LogP contribution in [0.1, 0.15) is 26.3 Å². The van der Waals surface area contributed by atoms with Gasteiger partial charge >= 0.3 is 5.97 Å². The summed E-state index contributed by atoms with van der Waals surface area (Å²) in [6.45, 7) is 6.07. The van der Waals surface area contributed by atoms with Crippen molar-refractivity contribution in [1.29, 1.82) is 0 Å². The summed E-state index contributed by atoms with van der Waals surface area (Å²) in [6, 6.07) is 6.26. The number of nitrogens with zero attached hydrogens (tertiary/aromatic N) is 1. The van der Waals surface area contributed by atoms with Crippen molar-refractivity contribution in [2.45, 2.75) is 38.3 Å². The lowest BCUT2D eigenvalue weighted by Gasteiger charge is -2.58. The molecule has 1 aromatic carbocycles. The molecule has 104 valence electrons. The maximum absolute atomic E-state index is 13.5. The van der Waals surface area contributed by atoms with Gasteiger partial charge < -0.3 is 4.74 Å². The molecule has 1 fully saturated rings. The minimum Gasteiger partial charge on any atom is -0.465 e. The quantitative estimate of drug-likeness (QED) is 0.786. The van der Waals surface area contributed by atoms with E-state index in [1.807, 2.05) is 20.9 Å². The van der Waals surface area contributed by atoms with Crippen LogP contribution in [0.5, 0.6) is 0 Å². The number of hydrogen-bond donors (Lipinski definition) is 0. The average Bonchev–Trinajstić information content (AvgIpc) is 2.39. The Morgan fingerprint density at radius 3 is 2.58 bits per heavy atom. The van der Waals surface area contributed by atoms with Gasteiger partial charge in [-0.1, -0.05) is 12.1 Å². The molecule has 0 spiro atoms. The maximum atomic E-state index is 13.5. The lowest BCUT2D eigenvalue weighted by Crippen LogP contribution is -2.74. The fourth-order valence-corrected chi connectivity index (χ4v) is 3.18. The van der Waals surface area contributed by atoms with Gasteiger partial charge in [-0.15, -0.1) is 0 Å². The molecule has 0 saturated carbocycles. The van der Waals surface area contributed by atoms with Gasteiger partial charge in [-0.05, 0) is 45.5 Å². The van der Waals surface area contributed by atoms with Crippen molar-refractivity contribution in [1.82, 2.24) is 4.90 Å². The Kier molecular flexibility index (Phi) is 3.63. The minimum atomic E-state index is -0.771. The van der Waals surface area contributed by atoms with Crippen LogP contribution in [0, 0.1) is 5.82 Å². The second kappa shape index (κ2) is 4.93. The van der Waals surface area contributed by atoms with Crippen LogP contribution in [0.15, 0.2) is 24.3 Å². The number of halogens is 1. The van der Waals surface area contributed by atoms with Crippen LogP contribution in [0.25, 0.3) is 0 Å². The molecule has 1 heterocycles. The molecule has 4 heteroatoms. The first-order valence-electron chi connectivity index (χ1n) is 6.61. The maximum Gasteiger partial charge on any atom is 0.319 e. The fourth-order valence-electron chi connectivity index (χ4n) is 3.18. The highest BCUT2D eigenvalue weighted by molar-refractivity contribution is 5.87. The number of rotatable bonds is 3. The number of carbonyl (C=O) groups is 1. The number of benzene rings is 1. The molecule has 19 heavy (non-hydrogen) atoms. The predicted molar refractivity (Wildman–Crippen MR) is 71.4 cm³/mol. The van der Waals surface area contributed by atoms with Crippen molar-refractivity contribution in [3.63, 3.8) is 0 Å². The SMILES string of the molecule is CCOC(=O)C1(c2cccc(F)c2)C(C)N(C)C1C. The Morgan fingerprint density at radius 2 is 2.05 bits per heavy atom. The predicted octanol–water partition coefficient (Wildman–Crippen LogP) is 2.35. The van der Waals surface area contributed by atoms with Gasteiger partial charge in [0.15, 0.2) is 0 Å². The molecule has 2 rings (SSSR count). The molecule has 0 aliphatic carbocycles. The van der Waals surface area contributed by atoms with Crippen LogP contribution in [0.2, 0.25) is 0 Å². The molecular formula is C15H20FNO2. The normalized spacial score (nSPS) is 30.8. The van der Waals surface area contributed by atoms with E-state index in [0.717, 1.165) is 0 Å². The number of carbonyl (C=O) groups excluding carboxylic acids is 1. The molecule has 0 N–H and O–H groups in total. The van der Waals surface area contributed by atoms with E-state index in [-0.39, 0.29) is 23.9 Å². The van der Waals surface area contributed by atoms with Gasteiger partial charge in [-0.25, -0.2) is 4.39 Å². The van der Waals surface area contributed by atoms with Gasteiger partial charge in [0.1, 0.15) is 11.2 Å². The van der Waals surface area contributed by atoms with Crippen molar-refractivity contribution in [2.24, 2.45) is 0 Å². The Balaban J connectivity index is 2.50. The highest BCUT2D eigenvalue weighted by Crippen LogP contribution is 2.46. The zero-order chi connectivity index (χ0) is 14.2. The summed E-state index contributed by atoms with van der Waals surface area (Å²) in [4.78, 5) is 14.6. The first-order valence-corrected chi connectivity index (χ1v) is 6.61. The summed E-state index contributed by atoms with van der Waals surface area (Å²) in [5.74, 6) is -0.589. The Morgan fingerprint density at radius 1 is 1.42 bits per heavy atom. The summed E-state index contributed by atoms with van der Waals surface area (Å²) in [6.07, 6.45) is 0. The van der Waals surface area contributed by atoms with Gasteiger partial charge in [-0.2, -0.15) is 0 Å². The van der Waals surface area contributed by atoms with E-state index in [2.05, 4.69) is 4.90 Å². The van der Waals surface area contributed by atoms with Crippen LogP contribution < -0.4 is 0 Å². The van der Waals surface area contributed by atoms with Crippen LogP contribution >= 0.6 is 0 Å². The molecular weight excluding hydrogens is 245 g/mol. The fraction of sp³-hybridized carbons (Fsp3) is 0.533. The van der Waals surface area contributed by atoms with Crippen LogP contribution in [0.3, 0.4) is 0 Å². The molecule has 0 radical (unpaired) electrons. The zero-order valence-corrected chi connectivity index (χ0v) is 11.8. The summed E-state index contributed by atoms with van der Waals surface area (Å²) in [7, 11) is 1.96. The number of ether oxygens (including phenoxy) is 1. The molecule has 2 atom stereocenters. The van der Waals surface area contributed by atoms with E-state index < -0.39 is 5.41 Å². The number of likely N-dealkylation sites (tertiary alicyclic amines) is 1. The Bertz CT molecular complexity index is 479. The van der Waals surface area contributed by atoms with E-state index in [1.165, 1.54) is 12.1 Å².